The zero-order valence-electron chi connectivity index (χ0n) is 11.5. The van der Waals surface area contributed by atoms with Crippen LogP contribution in [0.2, 0.25) is 0 Å². The molecule has 0 aliphatic carbocycles. The van der Waals surface area contributed by atoms with Crippen molar-refractivity contribution in [3.8, 4) is 5.69 Å². The highest BCUT2D eigenvalue weighted by Gasteiger charge is 2.11. The number of halogens is 1. The van der Waals surface area contributed by atoms with Crippen molar-refractivity contribution in [2.45, 2.75) is 6.54 Å². The number of pyridine rings is 1. The van der Waals surface area contributed by atoms with Crippen LogP contribution in [-0.2, 0) is 6.54 Å². The molecule has 0 atom stereocenters. The third-order valence-electron chi connectivity index (χ3n) is 3.02. The molecule has 3 rings (SSSR count). The fourth-order valence-electron chi connectivity index (χ4n) is 1.91. The fraction of sp³-hybridized carbons (Fsp3) is 0.0667. The van der Waals surface area contributed by atoms with Crippen molar-refractivity contribution in [2.75, 3.05) is 0 Å². The first-order valence-corrected chi connectivity index (χ1v) is 6.58. The van der Waals surface area contributed by atoms with Crippen LogP contribution in [0.15, 0.2) is 55.0 Å². The molecule has 0 unspecified atom stereocenters. The fourth-order valence-corrected chi connectivity index (χ4v) is 1.91. The molecule has 1 aromatic carbocycles. The minimum atomic E-state index is -0.555. The van der Waals surface area contributed by atoms with E-state index in [9.17, 15) is 9.18 Å². The van der Waals surface area contributed by atoms with Crippen LogP contribution in [0.4, 0.5) is 4.39 Å². The Hall–Kier alpha value is -3.09. The number of carbonyl (C=O) groups excluding carboxylic acids is 1. The maximum absolute atomic E-state index is 13.5. The van der Waals surface area contributed by atoms with Gasteiger partial charge in [-0.3, -0.25) is 9.78 Å². The van der Waals surface area contributed by atoms with E-state index in [1.165, 1.54) is 18.2 Å². The Morgan fingerprint density at radius 1 is 1.18 bits per heavy atom. The molecule has 3 aromatic rings. The minimum Gasteiger partial charge on any atom is -0.346 e. The van der Waals surface area contributed by atoms with Gasteiger partial charge in [-0.1, -0.05) is 17.3 Å². The number of nitrogens with one attached hydrogen (secondary N) is 1. The third kappa shape index (κ3) is 2.98. The molecule has 0 spiro atoms. The standard InChI is InChI=1S/C15H12FN5O/c16-14-4-2-1-3-13(14)15(22)18-9-11-10-21(20-19-11)12-5-7-17-8-6-12/h1-8,10H,9H2,(H,18,22). The summed E-state index contributed by atoms with van der Waals surface area (Å²) in [7, 11) is 0. The molecule has 0 fully saturated rings. The second-order valence-electron chi connectivity index (χ2n) is 4.52. The molecule has 0 bridgehead atoms. The van der Waals surface area contributed by atoms with Crippen LogP contribution in [0.5, 0.6) is 0 Å². The van der Waals surface area contributed by atoms with Gasteiger partial charge in [-0.2, -0.15) is 0 Å². The van der Waals surface area contributed by atoms with Crippen molar-refractivity contribution in [3.63, 3.8) is 0 Å². The highest BCUT2D eigenvalue weighted by molar-refractivity contribution is 5.94. The van der Waals surface area contributed by atoms with E-state index in [0.29, 0.717) is 5.69 Å². The Morgan fingerprint density at radius 3 is 2.73 bits per heavy atom. The van der Waals surface area contributed by atoms with Crippen LogP contribution in [0.25, 0.3) is 5.69 Å². The molecule has 0 aliphatic rings. The highest BCUT2D eigenvalue weighted by Crippen LogP contribution is 2.07. The first-order chi connectivity index (χ1) is 10.7. The highest BCUT2D eigenvalue weighted by atomic mass is 19.1. The number of nitrogens with zero attached hydrogens (tertiary/aromatic N) is 4. The van der Waals surface area contributed by atoms with Gasteiger partial charge in [0.15, 0.2) is 0 Å². The maximum Gasteiger partial charge on any atom is 0.254 e. The molecule has 2 heterocycles. The van der Waals surface area contributed by atoms with Crippen LogP contribution < -0.4 is 5.32 Å². The van der Waals surface area contributed by atoms with Crippen LogP contribution >= 0.6 is 0 Å². The SMILES string of the molecule is O=C(NCc1cn(-c2ccncc2)nn1)c1ccccc1F. The Bertz CT molecular complexity index is 787. The number of carbonyl (C=O) groups is 1. The topological polar surface area (TPSA) is 72.7 Å². The number of amides is 1. The predicted octanol–water partition coefficient (Wildman–Crippen LogP) is 1.73. The van der Waals surface area contributed by atoms with Gasteiger partial charge in [-0.05, 0) is 24.3 Å². The molecule has 7 heteroatoms. The molecular weight excluding hydrogens is 285 g/mol. The summed E-state index contributed by atoms with van der Waals surface area (Å²) in [5, 5.41) is 10.5. The molecule has 1 N–H and O–H groups in total. The summed E-state index contributed by atoms with van der Waals surface area (Å²) in [5.74, 6) is -1.04. The number of rotatable bonds is 4. The lowest BCUT2D eigenvalue weighted by molar-refractivity contribution is 0.0946. The third-order valence-corrected chi connectivity index (χ3v) is 3.02. The lowest BCUT2D eigenvalue weighted by atomic mass is 10.2. The Morgan fingerprint density at radius 2 is 1.95 bits per heavy atom. The van der Waals surface area contributed by atoms with E-state index in [0.717, 1.165) is 5.69 Å². The molecule has 0 saturated carbocycles. The predicted molar refractivity (Wildman–Crippen MR) is 76.7 cm³/mol. The lowest BCUT2D eigenvalue weighted by Crippen LogP contribution is -2.23. The summed E-state index contributed by atoms with van der Waals surface area (Å²) in [6.45, 7) is 0.165. The van der Waals surface area contributed by atoms with Gasteiger partial charge < -0.3 is 5.32 Å². The quantitative estimate of drug-likeness (QED) is 0.796. The van der Waals surface area contributed by atoms with E-state index in [-0.39, 0.29) is 12.1 Å². The normalized spacial score (nSPS) is 10.4. The summed E-state index contributed by atoms with van der Waals surface area (Å²) in [6, 6.07) is 9.39. The van der Waals surface area contributed by atoms with Crippen molar-refractivity contribution in [1.82, 2.24) is 25.3 Å². The van der Waals surface area contributed by atoms with E-state index < -0.39 is 11.7 Å². The van der Waals surface area contributed by atoms with Crippen molar-refractivity contribution in [2.24, 2.45) is 0 Å². The van der Waals surface area contributed by atoms with Crippen molar-refractivity contribution in [3.05, 3.63) is 72.1 Å². The first kappa shape index (κ1) is 13.9. The average Bonchev–Trinajstić information content (AvgIpc) is 3.03. The van der Waals surface area contributed by atoms with Crippen LogP contribution in [0, 0.1) is 5.82 Å². The molecular formula is C15H12FN5O. The summed E-state index contributed by atoms with van der Waals surface area (Å²) in [6.07, 6.45) is 4.99. The van der Waals surface area contributed by atoms with Crippen molar-refractivity contribution < 1.29 is 9.18 Å². The van der Waals surface area contributed by atoms with Gasteiger partial charge in [0.1, 0.15) is 11.5 Å². The lowest BCUT2D eigenvalue weighted by Gasteiger charge is -2.03. The van der Waals surface area contributed by atoms with Gasteiger partial charge in [0.25, 0.3) is 5.91 Å². The van der Waals surface area contributed by atoms with E-state index >= 15 is 0 Å². The average molecular weight is 297 g/mol. The van der Waals surface area contributed by atoms with E-state index in [1.54, 1.807) is 41.5 Å². The number of aromatic nitrogens is 4. The van der Waals surface area contributed by atoms with E-state index in [1.807, 2.05) is 0 Å². The maximum atomic E-state index is 13.5. The number of benzene rings is 1. The van der Waals surface area contributed by atoms with Gasteiger partial charge in [-0.15, -0.1) is 5.10 Å². The Balaban J connectivity index is 1.67. The number of hydrogen-bond acceptors (Lipinski definition) is 4. The monoisotopic (exact) mass is 297 g/mol. The Labute approximate surface area is 125 Å². The smallest absolute Gasteiger partial charge is 0.254 e. The van der Waals surface area contributed by atoms with Crippen LogP contribution in [0.3, 0.4) is 0 Å². The van der Waals surface area contributed by atoms with Gasteiger partial charge in [0.2, 0.25) is 0 Å². The second-order valence-corrected chi connectivity index (χ2v) is 4.52. The van der Waals surface area contributed by atoms with Crippen molar-refractivity contribution >= 4 is 5.91 Å². The van der Waals surface area contributed by atoms with Gasteiger partial charge >= 0.3 is 0 Å². The molecule has 0 saturated heterocycles. The van der Waals surface area contributed by atoms with Crippen LogP contribution in [0.1, 0.15) is 16.1 Å². The van der Waals surface area contributed by atoms with Gasteiger partial charge in [0, 0.05) is 12.4 Å². The molecule has 6 nitrogen and oxygen atoms in total. The second kappa shape index (κ2) is 6.13. The molecule has 0 aliphatic heterocycles. The number of hydrogen-bond donors (Lipinski definition) is 1. The summed E-state index contributed by atoms with van der Waals surface area (Å²) in [4.78, 5) is 15.8. The van der Waals surface area contributed by atoms with Crippen LogP contribution in [-0.4, -0.2) is 25.9 Å². The zero-order chi connectivity index (χ0) is 15.4. The van der Waals surface area contributed by atoms with E-state index in [2.05, 4.69) is 20.6 Å². The summed E-state index contributed by atoms with van der Waals surface area (Å²) < 4.78 is 15.1. The van der Waals surface area contributed by atoms with E-state index in [4.69, 9.17) is 0 Å². The van der Waals surface area contributed by atoms with Gasteiger partial charge in [-0.25, -0.2) is 9.07 Å². The molecule has 2 aromatic heterocycles. The Kier molecular flexibility index (Phi) is 3.86. The molecule has 1 amide bonds. The summed E-state index contributed by atoms with van der Waals surface area (Å²) in [5.41, 5.74) is 1.39. The summed E-state index contributed by atoms with van der Waals surface area (Å²) >= 11 is 0. The van der Waals surface area contributed by atoms with Gasteiger partial charge in [0.05, 0.1) is 24.0 Å². The van der Waals surface area contributed by atoms with Crippen molar-refractivity contribution in [1.29, 1.82) is 0 Å². The largest absolute Gasteiger partial charge is 0.346 e. The molecule has 110 valence electrons. The zero-order valence-corrected chi connectivity index (χ0v) is 11.5. The molecule has 0 radical (unpaired) electrons. The first-order valence-electron chi connectivity index (χ1n) is 6.58. The molecule has 22 heavy (non-hydrogen) atoms. The minimum absolute atomic E-state index is 0.00373.